The molecule has 1 aliphatic heterocycles. The number of nitrogens with zero attached hydrogens (tertiary/aromatic N) is 3. The van der Waals surface area contributed by atoms with Crippen LogP contribution >= 0.6 is 0 Å². The van der Waals surface area contributed by atoms with Crippen LogP contribution < -0.4 is 4.90 Å². The lowest BCUT2D eigenvalue weighted by molar-refractivity contribution is -0.0918. The zero-order chi connectivity index (χ0) is 18.0. The fourth-order valence-corrected chi connectivity index (χ4v) is 3.14. The molecule has 0 unspecified atom stereocenters. The maximum absolute atomic E-state index is 12.1. The lowest BCUT2D eigenvalue weighted by Gasteiger charge is -2.43. The van der Waals surface area contributed by atoms with E-state index in [9.17, 15) is 15.0 Å². The molecule has 1 aromatic heterocycles. The van der Waals surface area contributed by atoms with E-state index in [2.05, 4.69) is 4.98 Å². The molecule has 132 valence electrons. The predicted molar refractivity (Wildman–Crippen MR) is 95.4 cm³/mol. The van der Waals surface area contributed by atoms with Crippen LogP contribution in [-0.2, 0) is 5.60 Å². The lowest BCUT2D eigenvalue weighted by Crippen LogP contribution is -2.54. The molecule has 0 bridgehead atoms. The number of β-amino-alcohol motifs (C(OH)–C–C–N with tert-alkyl or cyclic N) is 1. The molecule has 25 heavy (non-hydrogen) atoms. The number of carbonyl (C=O) groups is 1. The van der Waals surface area contributed by atoms with Crippen LogP contribution in [-0.4, -0.2) is 59.3 Å². The number of aliphatic hydroxyl groups excluding tert-OH is 1. The van der Waals surface area contributed by atoms with Crippen LogP contribution in [0.4, 0.5) is 5.82 Å². The van der Waals surface area contributed by atoms with E-state index in [0.29, 0.717) is 30.0 Å². The Balaban J connectivity index is 1.80. The van der Waals surface area contributed by atoms with Crippen molar-refractivity contribution in [3.63, 3.8) is 0 Å². The number of anilines is 1. The molecule has 1 aromatic carbocycles. The van der Waals surface area contributed by atoms with Crippen molar-refractivity contribution in [3.8, 4) is 0 Å². The minimum atomic E-state index is -1.27. The summed E-state index contributed by atoms with van der Waals surface area (Å²) in [5, 5.41) is 21.5. The number of piperidine rings is 1. The summed E-state index contributed by atoms with van der Waals surface area (Å²) < 4.78 is 0. The van der Waals surface area contributed by atoms with E-state index in [1.54, 1.807) is 26.2 Å². The minimum absolute atomic E-state index is 0.166. The normalized spacial score (nSPS) is 23.4. The number of hydrogen-bond acceptors (Lipinski definition) is 5. The number of pyridine rings is 1. The summed E-state index contributed by atoms with van der Waals surface area (Å²) in [6.07, 6.45) is -0.565. The molecule has 1 saturated heterocycles. The van der Waals surface area contributed by atoms with Crippen LogP contribution in [0.3, 0.4) is 0 Å². The van der Waals surface area contributed by atoms with Gasteiger partial charge in [-0.2, -0.15) is 0 Å². The average molecular weight is 341 g/mol. The van der Waals surface area contributed by atoms with Crippen molar-refractivity contribution in [2.75, 3.05) is 32.1 Å². The third-order valence-electron chi connectivity index (χ3n) is 4.66. The van der Waals surface area contributed by atoms with Crippen LogP contribution in [0, 0.1) is 0 Å². The lowest BCUT2D eigenvalue weighted by atomic mass is 9.82. The molecule has 0 aliphatic carbocycles. The Morgan fingerprint density at radius 1 is 1.20 bits per heavy atom. The van der Waals surface area contributed by atoms with Crippen molar-refractivity contribution in [2.45, 2.75) is 18.1 Å². The highest BCUT2D eigenvalue weighted by Gasteiger charge is 2.42. The number of amides is 1. The first-order valence-corrected chi connectivity index (χ1v) is 8.31. The Bertz CT molecular complexity index is 751. The van der Waals surface area contributed by atoms with Gasteiger partial charge in [-0.25, -0.2) is 4.98 Å². The van der Waals surface area contributed by atoms with E-state index in [-0.39, 0.29) is 12.5 Å². The van der Waals surface area contributed by atoms with Crippen molar-refractivity contribution in [1.82, 2.24) is 9.88 Å². The highest BCUT2D eigenvalue weighted by Crippen LogP contribution is 2.34. The topological polar surface area (TPSA) is 76.9 Å². The summed E-state index contributed by atoms with van der Waals surface area (Å²) in [6, 6.07) is 14.5. The molecule has 1 aliphatic rings. The van der Waals surface area contributed by atoms with Gasteiger partial charge in [-0.05, 0) is 17.7 Å². The summed E-state index contributed by atoms with van der Waals surface area (Å²) in [4.78, 5) is 19.9. The predicted octanol–water partition coefficient (Wildman–Crippen LogP) is 1.24. The second-order valence-electron chi connectivity index (χ2n) is 6.58. The standard InChI is InChI=1S/C19H23N3O3/c1-21(2)18(24)15-9-6-10-17(20-15)22-12-11-19(25,16(23)13-22)14-7-4-3-5-8-14/h3-10,16,23,25H,11-13H2,1-2H3/t16-,19-/m0/s1. The first kappa shape index (κ1) is 17.4. The zero-order valence-electron chi connectivity index (χ0n) is 14.5. The number of hydrogen-bond donors (Lipinski definition) is 2. The van der Waals surface area contributed by atoms with E-state index in [1.165, 1.54) is 4.90 Å². The minimum Gasteiger partial charge on any atom is -0.388 e. The first-order chi connectivity index (χ1) is 11.9. The smallest absolute Gasteiger partial charge is 0.272 e. The summed E-state index contributed by atoms with van der Waals surface area (Å²) >= 11 is 0. The second-order valence-corrected chi connectivity index (χ2v) is 6.58. The number of aliphatic hydroxyl groups is 2. The monoisotopic (exact) mass is 341 g/mol. The van der Waals surface area contributed by atoms with Gasteiger partial charge in [0.25, 0.3) is 5.91 Å². The molecule has 0 spiro atoms. The van der Waals surface area contributed by atoms with E-state index >= 15 is 0 Å². The highest BCUT2D eigenvalue weighted by molar-refractivity contribution is 5.92. The molecular formula is C19H23N3O3. The molecule has 1 amide bonds. The average Bonchev–Trinajstić information content (AvgIpc) is 2.64. The summed E-state index contributed by atoms with van der Waals surface area (Å²) in [5.41, 5.74) is -0.193. The SMILES string of the molecule is CN(C)C(=O)c1cccc(N2CC[C@](O)(c3ccccc3)[C@@H](O)C2)n1. The quantitative estimate of drug-likeness (QED) is 0.878. The molecule has 6 heteroatoms. The number of aromatic nitrogens is 1. The number of carbonyl (C=O) groups excluding carboxylic acids is 1. The van der Waals surface area contributed by atoms with Crippen molar-refractivity contribution in [3.05, 3.63) is 59.8 Å². The summed E-state index contributed by atoms with van der Waals surface area (Å²) in [7, 11) is 3.36. The molecule has 3 rings (SSSR count). The fraction of sp³-hybridized carbons (Fsp3) is 0.368. The van der Waals surface area contributed by atoms with Crippen LogP contribution in [0.2, 0.25) is 0 Å². The fourth-order valence-electron chi connectivity index (χ4n) is 3.14. The maximum atomic E-state index is 12.1. The van der Waals surface area contributed by atoms with Gasteiger partial charge in [0.05, 0.1) is 0 Å². The zero-order valence-corrected chi connectivity index (χ0v) is 14.5. The molecule has 6 nitrogen and oxygen atoms in total. The van der Waals surface area contributed by atoms with Gasteiger partial charge in [0, 0.05) is 33.6 Å². The molecule has 0 radical (unpaired) electrons. The second kappa shape index (κ2) is 6.82. The van der Waals surface area contributed by atoms with E-state index in [0.717, 1.165) is 0 Å². The van der Waals surface area contributed by atoms with Gasteiger partial charge in [0.2, 0.25) is 0 Å². The van der Waals surface area contributed by atoms with Crippen LogP contribution in [0.15, 0.2) is 48.5 Å². The molecule has 2 N–H and O–H groups in total. The van der Waals surface area contributed by atoms with Gasteiger partial charge in [-0.15, -0.1) is 0 Å². The van der Waals surface area contributed by atoms with Gasteiger partial charge in [0.1, 0.15) is 23.2 Å². The van der Waals surface area contributed by atoms with E-state index in [1.807, 2.05) is 41.3 Å². The molecule has 1 fully saturated rings. The Morgan fingerprint density at radius 2 is 1.92 bits per heavy atom. The molecular weight excluding hydrogens is 318 g/mol. The third-order valence-corrected chi connectivity index (χ3v) is 4.66. The van der Waals surface area contributed by atoms with Gasteiger partial charge in [-0.3, -0.25) is 4.79 Å². The Hall–Kier alpha value is -2.44. The molecule has 2 atom stereocenters. The Labute approximate surface area is 147 Å². The summed E-state index contributed by atoms with van der Waals surface area (Å²) in [5.74, 6) is 0.460. The van der Waals surface area contributed by atoms with Crippen LogP contribution in [0.5, 0.6) is 0 Å². The van der Waals surface area contributed by atoms with Gasteiger partial charge < -0.3 is 20.0 Å². The summed E-state index contributed by atoms with van der Waals surface area (Å²) in [6.45, 7) is 0.785. The van der Waals surface area contributed by atoms with Gasteiger partial charge in [0.15, 0.2) is 0 Å². The van der Waals surface area contributed by atoms with E-state index < -0.39 is 11.7 Å². The molecule has 2 heterocycles. The van der Waals surface area contributed by atoms with Crippen LogP contribution in [0.25, 0.3) is 0 Å². The Morgan fingerprint density at radius 3 is 2.56 bits per heavy atom. The molecule has 0 saturated carbocycles. The van der Waals surface area contributed by atoms with E-state index in [4.69, 9.17) is 0 Å². The maximum Gasteiger partial charge on any atom is 0.272 e. The number of rotatable bonds is 3. The first-order valence-electron chi connectivity index (χ1n) is 8.31. The van der Waals surface area contributed by atoms with Crippen molar-refractivity contribution >= 4 is 11.7 Å². The Kier molecular flexibility index (Phi) is 4.74. The van der Waals surface area contributed by atoms with Gasteiger partial charge in [-0.1, -0.05) is 36.4 Å². The van der Waals surface area contributed by atoms with Crippen molar-refractivity contribution in [1.29, 1.82) is 0 Å². The molecule has 2 aromatic rings. The van der Waals surface area contributed by atoms with Crippen molar-refractivity contribution in [2.24, 2.45) is 0 Å². The van der Waals surface area contributed by atoms with Crippen LogP contribution in [0.1, 0.15) is 22.5 Å². The highest BCUT2D eigenvalue weighted by atomic mass is 16.3. The largest absolute Gasteiger partial charge is 0.388 e. The van der Waals surface area contributed by atoms with Gasteiger partial charge >= 0.3 is 0 Å². The third kappa shape index (κ3) is 3.36. The van der Waals surface area contributed by atoms with Crippen molar-refractivity contribution < 1.29 is 15.0 Å². The number of benzene rings is 1.